The molecule has 0 bridgehead atoms. The van der Waals surface area contributed by atoms with E-state index in [0.717, 1.165) is 6.07 Å². The standard InChI is InChI=1S/C9H4Cl2N2O5/c10-2-1-3-4(6(5(2)11)13(17)18)7(14)8(15)9(16)12-3/h1,15H,(H2,12,14,16). The summed E-state index contributed by atoms with van der Waals surface area (Å²) in [5, 5.41) is 38.1. The van der Waals surface area contributed by atoms with E-state index in [1.807, 2.05) is 0 Å². The number of rotatable bonds is 1. The highest BCUT2D eigenvalue weighted by Crippen LogP contribution is 2.47. The monoisotopic (exact) mass is 290 g/mol. The summed E-state index contributed by atoms with van der Waals surface area (Å²) in [7, 11) is 0. The van der Waals surface area contributed by atoms with Gasteiger partial charge in [-0.3, -0.25) is 10.1 Å². The predicted molar refractivity (Wildman–Crippen MR) is 63.4 cm³/mol. The average molecular weight is 291 g/mol. The van der Waals surface area contributed by atoms with E-state index in [4.69, 9.17) is 23.2 Å². The van der Waals surface area contributed by atoms with Crippen molar-refractivity contribution in [3.63, 3.8) is 0 Å². The maximum absolute atomic E-state index is 10.9. The highest BCUT2D eigenvalue weighted by molar-refractivity contribution is 6.44. The van der Waals surface area contributed by atoms with Crippen molar-refractivity contribution in [1.29, 1.82) is 0 Å². The molecule has 9 heteroatoms. The number of hydrogen-bond donors (Lipinski definition) is 3. The first kappa shape index (κ1) is 12.5. The SMILES string of the molecule is O=[N+]([O-])c1c(Cl)c(Cl)cc2nc(O)c(O)c(O)c12. The zero-order chi connectivity index (χ0) is 13.6. The summed E-state index contributed by atoms with van der Waals surface area (Å²) in [6.45, 7) is 0. The Bertz CT molecular complexity index is 683. The van der Waals surface area contributed by atoms with E-state index in [1.165, 1.54) is 0 Å². The smallest absolute Gasteiger partial charge is 0.302 e. The van der Waals surface area contributed by atoms with Crippen LogP contribution in [0.15, 0.2) is 6.07 Å². The van der Waals surface area contributed by atoms with Crippen molar-refractivity contribution in [2.75, 3.05) is 0 Å². The van der Waals surface area contributed by atoms with Crippen LogP contribution in [0, 0.1) is 10.1 Å². The fourth-order valence-corrected chi connectivity index (χ4v) is 1.90. The van der Waals surface area contributed by atoms with Crippen LogP contribution in [0.1, 0.15) is 0 Å². The Morgan fingerprint density at radius 3 is 2.39 bits per heavy atom. The minimum Gasteiger partial charge on any atom is -0.503 e. The summed E-state index contributed by atoms with van der Waals surface area (Å²) >= 11 is 11.4. The van der Waals surface area contributed by atoms with Crippen LogP contribution in [0.2, 0.25) is 10.0 Å². The zero-order valence-electron chi connectivity index (χ0n) is 8.39. The van der Waals surface area contributed by atoms with Gasteiger partial charge in [0.25, 0.3) is 5.88 Å². The first-order chi connectivity index (χ1) is 8.34. The second-order valence-electron chi connectivity index (χ2n) is 3.30. The van der Waals surface area contributed by atoms with E-state index in [9.17, 15) is 25.4 Å². The number of hydrogen-bond acceptors (Lipinski definition) is 6. The fourth-order valence-electron chi connectivity index (χ4n) is 1.48. The van der Waals surface area contributed by atoms with Crippen LogP contribution in [0.5, 0.6) is 17.4 Å². The topological polar surface area (TPSA) is 117 Å². The van der Waals surface area contributed by atoms with E-state index in [2.05, 4.69) is 4.98 Å². The number of benzene rings is 1. The molecule has 94 valence electrons. The summed E-state index contributed by atoms with van der Waals surface area (Å²) in [4.78, 5) is 13.5. The molecule has 1 heterocycles. The first-order valence-corrected chi connectivity index (χ1v) is 5.17. The van der Waals surface area contributed by atoms with Crippen LogP contribution >= 0.6 is 23.2 Å². The Hall–Kier alpha value is -1.99. The molecule has 0 spiro atoms. The highest BCUT2D eigenvalue weighted by atomic mass is 35.5. The van der Waals surface area contributed by atoms with E-state index in [-0.39, 0.29) is 10.5 Å². The van der Waals surface area contributed by atoms with Gasteiger partial charge in [0.1, 0.15) is 10.4 Å². The summed E-state index contributed by atoms with van der Waals surface area (Å²) in [6.07, 6.45) is 0. The molecular formula is C9H4Cl2N2O5. The van der Waals surface area contributed by atoms with Gasteiger partial charge in [-0.25, -0.2) is 4.98 Å². The first-order valence-electron chi connectivity index (χ1n) is 4.41. The molecule has 0 saturated carbocycles. The lowest BCUT2D eigenvalue weighted by Gasteiger charge is -2.07. The zero-order valence-corrected chi connectivity index (χ0v) is 9.90. The lowest BCUT2D eigenvalue weighted by Crippen LogP contribution is -1.94. The van der Waals surface area contributed by atoms with Crippen molar-refractivity contribution < 1.29 is 20.2 Å². The van der Waals surface area contributed by atoms with Crippen LogP contribution in [0.4, 0.5) is 5.69 Å². The molecule has 18 heavy (non-hydrogen) atoms. The Morgan fingerprint density at radius 1 is 1.22 bits per heavy atom. The minimum atomic E-state index is -0.969. The van der Waals surface area contributed by atoms with Gasteiger partial charge >= 0.3 is 5.69 Å². The lowest BCUT2D eigenvalue weighted by atomic mass is 10.1. The van der Waals surface area contributed by atoms with Crippen molar-refractivity contribution in [2.24, 2.45) is 0 Å². The van der Waals surface area contributed by atoms with E-state index >= 15 is 0 Å². The van der Waals surface area contributed by atoms with Gasteiger partial charge < -0.3 is 15.3 Å². The number of aromatic hydroxyl groups is 3. The molecule has 0 radical (unpaired) electrons. The number of nitro benzene ring substituents is 1. The van der Waals surface area contributed by atoms with Gasteiger partial charge in [0.2, 0.25) is 5.75 Å². The number of nitro groups is 1. The van der Waals surface area contributed by atoms with Crippen molar-refractivity contribution in [1.82, 2.24) is 4.98 Å². The number of nitrogens with zero attached hydrogens (tertiary/aromatic N) is 2. The summed E-state index contributed by atoms with van der Waals surface area (Å²) < 4.78 is 0. The summed E-state index contributed by atoms with van der Waals surface area (Å²) in [6, 6.07) is 1.13. The second kappa shape index (κ2) is 4.04. The molecular weight excluding hydrogens is 287 g/mol. The fraction of sp³-hybridized carbons (Fsp3) is 0. The molecule has 1 aromatic carbocycles. The molecule has 0 aliphatic rings. The Labute approximate surface area is 109 Å². The van der Waals surface area contributed by atoms with Gasteiger partial charge in [-0.2, -0.15) is 0 Å². The average Bonchev–Trinajstić information content (AvgIpc) is 2.29. The molecule has 7 nitrogen and oxygen atoms in total. The van der Waals surface area contributed by atoms with Crippen molar-refractivity contribution in [3.05, 3.63) is 26.2 Å². The molecule has 0 unspecified atom stereocenters. The van der Waals surface area contributed by atoms with Gasteiger partial charge in [-0.15, -0.1) is 0 Å². The molecule has 0 saturated heterocycles. The number of halogens is 2. The second-order valence-corrected chi connectivity index (χ2v) is 4.09. The molecule has 2 rings (SSSR count). The molecule has 0 aliphatic heterocycles. The van der Waals surface area contributed by atoms with Crippen LogP contribution in [0.25, 0.3) is 10.9 Å². The normalized spacial score (nSPS) is 10.8. The number of pyridine rings is 1. The van der Waals surface area contributed by atoms with Crippen molar-refractivity contribution in [3.8, 4) is 17.4 Å². The molecule has 0 atom stereocenters. The van der Waals surface area contributed by atoms with Gasteiger partial charge in [0, 0.05) is 0 Å². The van der Waals surface area contributed by atoms with Gasteiger partial charge in [-0.1, -0.05) is 23.2 Å². The van der Waals surface area contributed by atoms with E-state index in [0.29, 0.717) is 0 Å². The van der Waals surface area contributed by atoms with Gasteiger partial charge in [-0.05, 0) is 6.07 Å². The van der Waals surface area contributed by atoms with Gasteiger partial charge in [0.05, 0.1) is 15.5 Å². The van der Waals surface area contributed by atoms with Crippen LogP contribution in [-0.4, -0.2) is 25.2 Å². The van der Waals surface area contributed by atoms with Crippen LogP contribution in [-0.2, 0) is 0 Å². The Kier molecular flexibility index (Phi) is 2.80. The third-order valence-corrected chi connectivity index (χ3v) is 3.03. The van der Waals surface area contributed by atoms with Crippen LogP contribution < -0.4 is 0 Å². The minimum absolute atomic E-state index is 0.159. The molecule has 2 aromatic rings. The third kappa shape index (κ3) is 1.64. The van der Waals surface area contributed by atoms with E-state index in [1.54, 1.807) is 0 Å². The third-order valence-electron chi connectivity index (χ3n) is 2.26. The molecule has 3 N–H and O–H groups in total. The molecule has 0 amide bonds. The van der Waals surface area contributed by atoms with Gasteiger partial charge in [0.15, 0.2) is 5.75 Å². The Balaban J connectivity index is 3.09. The number of fused-ring (bicyclic) bond motifs is 1. The maximum atomic E-state index is 10.9. The molecule has 1 aromatic heterocycles. The Morgan fingerprint density at radius 2 is 1.83 bits per heavy atom. The van der Waals surface area contributed by atoms with Crippen LogP contribution in [0.3, 0.4) is 0 Å². The lowest BCUT2D eigenvalue weighted by molar-refractivity contribution is -0.382. The van der Waals surface area contributed by atoms with Crippen molar-refractivity contribution >= 4 is 39.8 Å². The number of aromatic nitrogens is 1. The largest absolute Gasteiger partial charge is 0.503 e. The highest BCUT2D eigenvalue weighted by Gasteiger charge is 2.27. The molecule has 0 fully saturated rings. The van der Waals surface area contributed by atoms with Crippen molar-refractivity contribution in [2.45, 2.75) is 0 Å². The van der Waals surface area contributed by atoms with E-state index < -0.39 is 38.4 Å². The maximum Gasteiger partial charge on any atom is 0.302 e. The summed E-state index contributed by atoms with van der Waals surface area (Å²) in [5.41, 5.74) is -0.858. The predicted octanol–water partition coefficient (Wildman–Crippen LogP) is 2.57. The quantitative estimate of drug-likeness (QED) is 0.549. The molecule has 0 aliphatic carbocycles. The summed E-state index contributed by atoms with van der Waals surface area (Å²) in [5.74, 6) is -2.72.